The van der Waals surface area contributed by atoms with Crippen LogP contribution in [0.3, 0.4) is 0 Å². The zero-order chi connectivity index (χ0) is 10.7. The summed E-state index contributed by atoms with van der Waals surface area (Å²) in [6.45, 7) is 3.82. The predicted octanol–water partition coefficient (Wildman–Crippen LogP) is 1.88. The van der Waals surface area contributed by atoms with E-state index in [1.807, 2.05) is 24.0 Å². The third kappa shape index (κ3) is 2.17. The fourth-order valence-electron chi connectivity index (χ4n) is 1.88. The Morgan fingerprint density at radius 3 is 2.80 bits per heavy atom. The van der Waals surface area contributed by atoms with Gasteiger partial charge in [-0.25, -0.2) is 4.98 Å². The molecule has 0 radical (unpaired) electrons. The van der Waals surface area contributed by atoms with Crippen LogP contribution in [0, 0.1) is 0 Å². The van der Waals surface area contributed by atoms with Crippen LogP contribution in [0.4, 0.5) is 0 Å². The van der Waals surface area contributed by atoms with Gasteiger partial charge in [-0.2, -0.15) is 0 Å². The first-order chi connectivity index (χ1) is 7.31. The van der Waals surface area contributed by atoms with E-state index >= 15 is 0 Å². The maximum absolute atomic E-state index is 12.0. The van der Waals surface area contributed by atoms with Gasteiger partial charge in [0.15, 0.2) is 0 Å². The summed E-state index contributed by atoms with van der Waals surface area (Å²) < 4.78 is 0. The number of nitrogens with zero attached hydrogens (tertiary/aromatic N) is 2. The van der Waals surface area contributed by atoms with Gasteiger partial charge in [0.25, 0.3) is 5.91 Å². The van der Waals surface area contributed by atoms with Crippen LogP contribution in [0.1, 0.15) is 35.9 Å². The van der Waals surface area contributed by atoms with Crippen LogP contribution in [0.2, 0.25) is 0 Å². The average molecular weight is 204 g/mol. The molecule has 1 aromatic heterocycles. The van der Waals surface area contributed by atoms with Crippen molar-refractivity contribution in [2.75, 3.05) is 13.1 Å². The minimum Gasteiger partial charge on any atom is -0.337 e. The molecule has 0 bridgehead atoms. The van der Waals surface area contributed by atoms with Gasteiger partial charge in [-0.1, -0.05) is 13.0 Å². The zero-order valence-electron chi connectivity index (χ0n) is 9.07. The highest BCUT2D eigenvalue weighted by Gasteiger charge is 2.20. The first kappa shape index (κ1) is 10.1. The van der Waals surface area contributed by atoms with Crippen LogP contribution in [-0.2, 0) is 6.42 Å². The van der Waals surface area contributed by atoms with Crippen molar-refractivity contribution in [3.05, 3.63) is 29.6 Å². The lowest BCUT2D eigenvalue weighted by atomic mass is 10.2. The Kier molecular flexibility index (Phi) is 2.99. The molecular weight excluding hydrogens is 188 g/mol. The summed E-state index contributed by atoms with van der Waals surface area (Å²) in [5.41, 5.74) is 1.58. The summed E-state index contributed by atoms with van der Waals surface area (Å²) in [6.07, 6.45) is 3.12. The molecule has 0 spiro atoms. The predicted molar refractivity (Wildman–Crippen MR) is 58.8 cm³/mol. The Labute approximate surface area is 90.1 Å². The molecule has 0 N–H and O–H groups in total. The van der Waals surface area contributed by atoms with Gasteiger partial charge in [-0.05, 0) is 31.4 Å². The highest BCUT2D eigenvalue weighted by molar-refractivity contribution is 5.92. The molecule has 1 fully saturated rings. The molecular formula is C12H16N2O. The van der Waals surface area contributed by atoms with E-state index in [2.05, 4.69) is 4.98 Å². The van der Waals surface area contributed by atoms with Crippen LogP contribution < -0.4 is 0 Å². The molecule has 0 aliphatic carbocycles. The van der Waals surface area contributed by atoms with Gasteiger partial charge in [0.1, 0.15) is 5.69 Å². The standard InChI is InChI=1S/C12H16N2O/c1-2-10-6-5-7-11(13-10)12(15)14-8-3-4-9-14/h5-7H,2-4,8-9H2,1H3. The molecule has 2 heterocycles. The molecule has 1 aliphatic rings. The van der Waals surface area contributed by atoms with Gasteiger partial charge in [0, 0.05) is 18.8 Å². The second-order valence-corrected chi connectivity index (χ2v) is 3.87. The Morgan fingerprint density at radius 1 is 1.40 bits per heavy atom. The van der Waals surface area contributed by atoms with E-state index in [0.717, 1.165) is 38.0 Å². The molecule has 0 aromatic carbocycles. The van der Waals surface area contributed by atoms with E-state index in [9.17, 15) is 4.79 Å². The van der Waals surface area contributed by atoms with Crippen molar-refractivity contribution in [3.63, 3.8) is 0 Å². The minimum atomic E-state index is 0.0859. The number of pyridine rings is 1. The van der Waals surface area contributed by atoms with Crippen molar-refractivity contribution in [2.45, 2.75) is 26.2 Å². The highest BCUT2D eigenvalue weighted by Crippen LogP contribution is 2.11. The molecule has 1 amide bonds. The molecule has 15 heavy (non-hydrogen) atoms. The Bertz CT molecular complexity index is 356. The average Bonchev–Trinajstić information content (AvgIpc) is 2.81. The van der Waals surface area contributed by atoms with Gasteiger partial charge in [-0.15, -0.1) is 0 Å². The van der Waals surface area contributed by atoms with Crippen molar-refractivity contribution in [1.82, 2.24) is 9.88 Å². The van der Waals surface area contributed by atoms with E-state index in [0.29, 0.717) is 5.69 Å². The molecule has 2 rings (SSSR count). The third-order valence-electron chi connectivity index (χ3n) is 2.78. The quantitative estimate of drug-likeness (QED) is 0.737. The Balaban J connectivity index is 2.17. The maximum Gasteiger partial charge on any atom is 0.272 e. The number of carbonyl (C=O) groups is 1. The van der Waals surface area contributed by atoms with Crippen LogP contribution >= 0.6 is 0 Å². The lowest BCUT2D eigenvalue weighted by Gasteiger charge is -2.14. The monoisotopic (exact) mass is 204 g/mol. The highest BCUT2D eigenvalue weighted by atomic mass is 16.2. The van der Waals surface area contributed by atoms with Crippen LogP contribution in [0.25, 0.3) is 0 Å². The minimum absolute atomic E-state index is 0.0859. The SMILES string of the molecule is CCc1cccc(C(=O)N2CCCC2)n1. The van der Waals surface area contributed by atoms with Crippen LogP contribution in [0.15, 0.2) is 18.2 Å². The lowest BCUT2D eigenvalue weighted by Crippen LogP contribution is -2.28. The topological polar surface area (TPSA) is 33.2 Å². The fraction of sp³-hybridized carbons (Fsp3) is 0.500. The van der Waals surface area contributed by atoms with Gasteiger partial charge in [0.2, 0.25) is 0 Å². The second-order valence-electron chi connectivity index (χ2n) is 3.87. The smallest absolute Gasteiger partial charge is 0.272 e. The van der Waals surface area contributed by atoms with Gasteiger partial charge < -0.3 is 4.90 Å². The molecule has 0 atom stereocenters. The summed E-state index contributed by atoms with van der Waals surface area (Å²) in [4.78, 5) is 18.2. The summed E-state index contributed by atoms with van der Waals surface area (Å²) in [6, 6.07) is 5.68. The van der Waals surface area contributed by atoms with E-state index in [-0.39, 0.29) is 5.91 Å². The number of likely N-dealkylation sites (tertiary alicyclic amines) is 1. The second kappa shape index (κ2) is 4.43. The van der Waals surface area contributed by atoms with Crippen molar-refractivity contribution < 1.29 is 4.79 Å². The summed E-state index contributed by atoms with van der Waals surface area (Å²) in [7, 11) is 0. The molecule has 3 nitrogen and oxygen atoms in total. The van der Waals surface area contributed by atoms with Crippen molar-refractivity contribution in [3.8, 4) is 0 Å². The van der Waals surface area contributed by atoms with Crippen LogP contribution in [-0.4, -0.2) is 28.9 Å². The van der Waals surface area contributed by atoms with E-state index < -0.39 is 0 Å². The number of aryl methyl sites for hydroxylation is 1. The van der Waals surface area contributed by atoms with Gasteiger partial charge >= 0.3 is 0 Å². The fourth-order valence-corrected chi connectivity index (χ4v) is 1.88. The lowest BCUT2D eigenvalue weighted by molar-refractivity contribution is 0.0787. The zero-order valence-corrected chi connectivity index (χ0v) is 9.07. The number of hydrogen-bond acceptors (Lipinski definition) is 2. The molecule has 80 valence electrons. The summed E-state index contributed by atoms with van der Waals surface area (Å²) in [5.74, 6) is 0.0859. The molecule has 1 saturated heterocycles. The molecule has 1 aromatic rings. The van der Waals surface area contributed by atoms with Crippen molar-refractivity contribution >= 4 is 5.91 Å². The van der Waals surface area contributed by atoms with Gasteiger partial charge in [-0.3, -0.25) is 4.79 Å². The molecule has 3 heteroatoms. The van der Waals surface area contributed by atoms with Gasteiger partial charge in [0.05, 0.1) is 0 Å². The molecule has 0 unspecified atom stereocenters. The Morgan fingerprint density at radius 2 is 2.13 bits per heavy atom. The third-order valence-corrected chi connectivity index (χ3v) is 2.78. The van der Waals surface area contributed by atoms with E-state index in [4.69, 9.17) is 0 Å². The normalized spacial score (nSPS) is 15.7. The first-order valence-electron chi connectivity index (χ1n) is 5.56. The number of aromatic nitrogens is 1. The number of hydrogen-bond donors (Lipinski definition) is 0. The molecule has 0 saturated carbocycles. The van der Waals surface area contributed by atoms with E-state index in [1.165, 1.54) is 0 Å². The Hall–Kier alpha value is -1.38. The van der Waals surface area contributed by atoms with E-state index in [1.54, 1.807) is 6.07 Å². The summed E-state index contributed by atoms with van der Waals surface area (Å²) >= 11 is 0. The molecule has 1 aliphatic heterocycles. The number of amides is 1. The maximum atomic E-state index is 12.0. The largest absolute Gasteiger partial charge is 0.337 e. The van der Waals surface area contributed by atoms with Crippen molar-refractivity contribution in [2.24, 2.45) is 0 Å². The number of carbonyl (C=O) groups excluding carboxylic acids is 1. The first-order valence-corrected chi connectivity index (χ1v) is 5.56. The van der Waals surface area contributed by atoms with Crippen molar-refractivity contribution in [1.29, 1.82) is 0 Å². The number of rotatable bonds is 2. The van der Waals surface area contributed by atoms with Crippen LogP contribution in [0.5, 0.6) is 0 Å². The summed E-state index contributed by atoms with van der Waals surface area (Å²) in [5, 5.41) is 0.